The lowest BCUT2D eigenvalue weighted by molar-refractivity contribution is 0.0375. The maximum atomic E-state index is 12.5. The molecule has 2 aliphatic heterocycles. The number of nitrogens with zero attached hydrogens (tertiary/aromatic N) is 1. The van der Waals surface area contributed by atoms with Crippen molar-refractivity contribution in [3.63, 3.8) is 0 Å². The fourth-order valence-electron chi connectivity index (χ4n) is 3.57. The number of hydrogen-bond acceptors (Lipinski definition) is 4. The molecule has 1 atom stereocenters. The van der Waals surface area contributed by atoms with E-state index < -0.39 is 9.84 Å². The topological polar surface area (TPSA) is 49.4 Å². The predicted octanol–water partition coefficient (Wildman–Crippen LogP) is 1.77. The van der Waals surface area contributed by atoms with E-state index in [2.05, 4.69) is 17.1 Å². The average molecular weight is 288 g/mol. The van der Waals surface area contributed by atoms with Gasteiger partial charge in [0.1, 0.15) is 5.37 Å². The SMILES string of the molecule is CCCS(=O)(=O)[C@@H]1CCCCN1C1(C)CCNCC1. The van der Waals surface area contributed by atoms with Crippen LogP contribution in [0, 0.1) is 0 Å². The van der Waals surface area contributed by atoms with Gasteiger partial charge in [-0.05, 0) is 65.1 Å². The first-order chi connectivity index (χ1) is 8.99. The summed E-state index contributed by atoms with van der Waals surface area (Å²) in [5.74, 6) is 0.336. The summed E-state index contributed by atoms with van der Waals surface area (Å²) in [4.78, 5) is 2.32. The molecule has 0 aliphatic carbocycles. The fraction of sp³-hybridized carbons (Fsp3) is 1.00. The first kappa shape index (κ1) is 15.3. The Bertz CT molecular complexity index is 388. The Balaban J connectivity index is 2.20. The van der Waals surface area contributed by atoms with E-state index in [0.29, 0.717) is 5.75 Å². The predicted molar refractivity (Wildman–Crippen MR) is 78.9 cm³/mol. The molecular weight excluding hydrogens is 260 g/mol. The second-order valence-corrected chi connectivity index (χ2v) is 8.54. The van der Waals surface area contributed by atoms with Gasteiger partial charge in [0.05, 0.1) is 5.75 Å². The van der Waals surface area contributed by atoms with E-state index in [-0.39, 0.29) is 10.9 Å². The van der Waals surface area contributed by atoms with Gasteiger partial charge in [0, 0.05) is 5.54 Å². The van der Waals surface area contributed by atoms with Crippen LogP contribution in [-0.2, 0) is 9.84 Å². The van der Waals surface area contributed by atoms with Gasteiger partial charge in [0.25, 0.3) is 0 Å². The summed E-state index contributed by atoms with van der Waals surface area (Å²) in [5.41, 5.74) is 0.0666. The Labute approximate surface area is 117 Å². The van der Waals surface area contributed by atoms with Crippen molar-refractivity contribution in [3.05, 3.63) is 0 Å². The molecule has 4 nitrogen and oxygen atoms in total. The quantitative estimate of drug-likeness (QED) is 0.856. The first-order valence-electron chi connectivity index (χ1n) is 7.69. The van der Waals surface area contributed by atoms with E-state index in [9.17, 15) is 8.42 Å². The summed E-state index contributed by atoms with van der Waals surface area (Å²) in [6.07, 6.45) is 5.87. The monoisotopic (exact) mass is 288 g/mol. The molecule has 0 aromatic rings. The summed E-state index contributed by atoms with van der Waals surface area (Å²) < 4.78 is 25.0. The van der Waals surface area contributed by atoms with Gasteiger partial charge in [-0.1, -0.05) is 6.92 Å². The molecule has 0 aromatic heterocycles. The van der Waals surface area contributed by atoms with Crippen molar-refractivity contribution in [1.82, 2.24) is 10.2 Å². The van der Waals surface area contributed by atoms with Gasteiger partial charge in [0.15, 0.2) is 9.84 Å². The highest BCUT2D eigenvalue weighted by Crippen LogP contribution is 2.34. The van der Waals surface area contributed by atoms with Crippen LogP contribution in [0.15, 0.2) is 0 Å². The van der Waals surface area contributed by atoms with Crippen molar-refractivity contribution < 1.29 is 8.42 Å². The molecule has 2 heterocycles. The summed E-state index contributed by atoms with van der Waals surface area (Å²) in [6, 6.07) is 0. The Hall–Kier alpha value is -0.130. The van der Waals surface area contributed by atoms with Crippen LogP contribution in [0.25, 0.3) is 0 Å². The van der Waals surface area contributed by atoms with E-state index >= 15 is 0 Å². The Kier molecular flexibility index (Phi) is 4.90. The van der Waals surface area contributed by atoms with Crippen LogP contribution >= 0.6 is 0 Å². The molecule has 2 saturated heterocycles. The van der Waals surface area contributed by atoms with Gasteiger partial charge in [-0.15, -0.1) is 0 Å². The fourth-order valence-corrected chi connectivity index (χ4v) is 5.68. The minimum Gasteiger partial charge on any atom is -0.317 e. The number of nitrogens with one attached hydrogen (secondary N) is 1. The summed E-state index contributed by atoms with van der Waals surface area (Å²) in [7, 11) is -2.96. The van der Waals surface area contributed by atoms with Crippen molar-refractivity contribution in [2.45, 2.75) is 63.3 Å². The smallest absolute Gasteiger partial charge is 0.166 e. The number of likely N-dealkylation sites (tertiary alicyclic amines) is 1. The molecular formula is C14H28N2O2S. The van der Waals surface area contributed by atoms with Crippen molar-refractivity contribution in [1.29, 1.82) is 0 Å². The lowest BCUT2D eigenvalue weighted by atomic mass is 9.87. The molecule has 2 rings (SSSR count). The third-order valence-electron chi connectivity index (χ3n) is 4.73. The lowest BCUT2D eigenvalue weighted by Crippen LogP contribution is -2.60. The van der Waals surface area contributed by atoms with Crippen LogP contribution in [0.2, 0.25) is 0 Å². The molecule has 0 aromatic carbocycles. The van der Waals surface area contributed by atoms with Gasteiger partial charge in [-0.3, -0.25) is 4.90 Å². The van der Waals surface area contributed by atoms with E-state index in [1.807, 2.05) is 6.92 Å². The maximum absolute atomic E-state index is 12.5. The van der Waals surface area contributed by atoms with Crippen molar-refractivity contribution in [2.75, 3.05) is 25.4 Å². The van der Waals surface area contributed by atoms with Crippen LogP contribution < -0.4 is 5.32 Å². The Morgan fingerprint density at radius 3 is 2.58 bits per heavy atom. The number of rotatable bonds is 4. The zero-order chi connectivity index (χ0) is 13.9. The highest BCUT2D eigenvalue weighted by molar-refractivity contribution is 7.91. The molecule has 0 unspecified atom stereocenters. The number of piperidine rings is 2. The summed E-state index contributed by atoms with van der Waals surface area (Å²) >= 11 is 0. The van der Waals surface area contributed by atoms with Gasteiger partial charge in [-0.2, -0.15) is 0 Å². The summed E-state index contributed by atoms with van der Waals surface area (Å²) in [6.45, 7) is 7.18. The molecule has 2 aliphatic rings. The number of sulfone groups is 1. The second kappa shape index (κ2) is 6.10. The molecule has 1 N–H and O–H groups in total. The molecule has 2 fully saturated rings. The number of hydrogen-bond donors (Lipinski definition) is 1. The average Bonchev–Trinajstić information content (AvgIpc) is 2.40. The standard InChI is InChI=1S/C14H28N2O2S/c1-3-12-19(17,18)13-6-4-5-11-16(13)14(2)7-9-15-10-8-14/h13,15H,3-12H2,1-2H3/t13-/m1/s1. The normalized spacial score (nSPS) is 29.3. The highest BCUT2D eigenvalue weighted by Gasteiger charge is 2.43. The molecule has 0 bridgehead atoms. The molecule has 0 spiro atoms. The van der Waals surface area contributed by atoms with Crippen molar-refractivity contribution in [2.24, 2.45) is 0 Å². The van der Waals surface area contributed by atoms with Crippen LogP contribution in [0.5, 0.6) is 0 Å². The maximum Gasteiger partial charge on any atom is 0.166 e. The van der Waals surface area contributed by atoms with Crippen LogP contribution in [0.1, 0.15) is 52.4 Å². The molecule has 19 heavy (non-hydrogen) atoms. The van der Waals surface area contributed by atoms with Crippen LogP contribution in [0.4, 0.5) is 0 Å². The lowest BCUT2D eigenvalue weighted by Gasteiger charge is -2.49. The molecule has 0 amide bonds. The molecule has 112 valence electrons. The van der Waals surface area contributed by atoms with E-state index in [1.54, 1.807) is 0 Å². The Morgan fingerprint density at radius 2 is 1.95 bits per heavy atom. The second-order valence-electron chi connectivity index (χ2n) is 6.26. The van der Waals surface area contributed by atoms with Crippen LogP contribution in [-0.4, -0.2) is 49.6 Å². The minimum atomic E-state index is -2.96. The molecule has 5 heteroatoms. The van der Waals surface area contributed by atoms with Gasteiger partial charge in [-0.25, -0.2) is 8.42 Å². The van der Waals surface area contributed by atoms with Gasteiger partial charge >= 0.3 is 0 Å². The summed E-state index contributed by atoms with van der Waals surface area (Å²) in [5, 5.41) is 3.15. The minimum absolute atomic E-state index is 0.0666. The van der Waals surface area contributed by atoms with Crippen molar-refractivity contribution in [3.8, 4) is 0 Å². The third kappa shape index (κ3) is 3.31. The third-order valence-corrected chi connectivity index (χ3v) is 7.02. The van der Waals surface area contributed by atoms with E-state index in [0.717, 1.165) is 58.2 Å². The van der Waals surface area contributed by atoms with E-state index in [1.165, 1.54) is 0 Å². The molecule has 0 radical (unpaired) electrons. The largest absolute Gasteiger partial charge is 0.317 e. The molecule has 0 saturated carbocycles. The van der Waals surface area contributed by atoms with Crippen molar-refractivity contribution >= 4 is 9.84 Å². The highest BCUT2D eigenvalue weighted by atomic mass is 32.2. The van der Waals surface area contributed by atoms with Crippen LogP contribution in [0.3, 0.4) is 0 Å². The first-order valence-corrected chi connectivity index (χ1v) is 9.40. The Morgan fingerprint density at radius 1 is 1.26 bits per heavy atom. The van der Waals surface area contributed by atoms with Gasteiger partial charge in [0.2, 0.25) is 0 Å². The van der Waals surface area contributed by atoms with E-state index in [4.69, 9.17) is 0 Å². The van der Waals surface area contributed by atoms with Gasteiger partial charge < -0.3 is 5.32 Å². The zero-order valence-corrected chi connectivity index (χ0v) is 13.1. The zero-order valence-electron chi connectivity index (χ0n) is 12.3.